The van der Waals surface area contributed by atoms with Crippen molar-refractivity contribution in [3.63, 3.8) is 0 Å². The van der Waals surface area contributed by atoms with Crippen LogP contribution in [0, 0.1) is 6.92 Å². The predicted molar refractivity (Wildman–Crippen MR) is 114 cm³/mol. The highest BCUT2D eigenvalue weighted by molar-refractivity contribution is 7.11. The van der Waals surface area contributed by atoms with Gasteiger partial charge in [0.05, 0.1) is 10.7 Å². The Kier molecular flexibility index (Phi) is 7.37. The molecule has 0 saturated carbocycles. The normalized spacial score (nSPS) is 11.3. The molecule has 3 aromatic rings. The summed E-state index contributed by atoms with van der Waals surface area (Å²) < 4.78 is 5.77. The van der Waals surface area contributed by atoms with E-state index in [-0.39, 0.29) is 0 Å². The van der Waals surface area contributed by atoms with Gasteiger partial charge < -0.3 is 15.4 Å². The Bertz CT molecular complexity index is 877. The number of guanidine groups is 1. The minimum atomic E-state index is 0.466. The second-order valence-electron chi connectivity index (χ2n) is 6.22. The van der Waals surface area contributed by atoms with Gasteiger partial charge in [-0.15, -0.1) is 11.3 Å². The lowest BCUT2D eigenvalue weighted by molar-refractivity contribution is 0.301. The standard InChI is InChI=1S/C21H25N5OS/c1-16-13-25-20(28-16)10-12-24-21(22-2)26-14-17-6-8-19(9-7-17)27-15-18-5-3-4-11-23-18/h3-9,11,13H,10,12,14-15H2,1-2H3,(H2,22,24,26). The lowest BCUT2D eigenvalue weighted by Crippen LogP contribution is -2.37. The summed E-state index contributed by atoms with van der Waals surface area (Å²) >= 11 is 1.73. The molecule has 0 atom stereocenters. The minimum absolute atomic E-state index is 0.466. The van der Waals surface area contributed by atoms with E-state index >= 15 is 0 Å². The third-order valence-corrected chi connectivity index (χ3v) is 4.99. The van der Waals surface area contributed by atoms with Crippen LogP contribution < -0.4 is 15.4 Å². The summed E-state index contributed by atoms with van der Waals surface area (Å²) in [5.74, 6) is 1.61. The molecular weight excluding hydrogens is 370 g/mol. The monoisotopic (exact) mass is 395 g/mol. The molecule has 1 aromatic carbocycles. The molecule has 28 heavy (non-hydrogen) atoms. The van der Waals surface area contributed by atoms with Crippen LogP contribution >= 0.6 is 11.3 Å². The largest absolute Gasteiger partial charge is 0.487 e. The zero-order valence-electron chi connectivity index (χ0n) is 16.2. The van der Waals surface area contributed by atoms with E-state index < -0.39 is 0 Å². The first-order chi connectivity index (χ1) is 13.7. The smallest absolute Gasteiger partial charge is 0.191 e. The fourth-order valence-corrected chi connectivity index (χ4v) is 3.34. The van der Waals surface area contributed by atoms with Crippen LogP contribution in [0.15, 0.2) is 59.9 Å². The molecule has 0 unspecified atom stereocenters. The van der Waals surface area contributed by atoms with E-state index in [9.17, 15) is 0 Å². The van der Waals surface area contributed by atoms with Crippen molar-refractivity contribution in [3.8, 4) is 5.75 Å². The van der Waals surface area contributed by atoms with Crippen molar-refractivity contribution in [2.75, 3.05) is 13.6 Å². The van der Waals surface area contributed by atoms with E-state index in [1.54, 1.807) is 24.6 Å². The van der Waals surface area contributed by atoms with Crippen molar-refractivity contribution in [3.05, 3.63) is 76.0 Å². The number of nitrogens with zero attached hydrogens (tertiary/aromatic N) is 3. The number of benzene rings is 1. The number of thiazole rings is 1. The average molecular weight is 396 g/mol. The van der Waals surface area contributed by atoms with Crippen LogP contribution in [-0.2, 0) is 19.6 Å². The summed E-state index contributed by atoms with van der Waals surface area (Å²) in [6.07, 6.45) is 4.57. The molecule has 7 heteroatoms. The minimum Gasteiger partial charge on any atom is -0.487 e. The number of aliphatic imine (C=N–C) groups is 1. The maximum atomic E-state index is 5.77. The maximum Gasteiger partial charge on any atom is 0.191 e. The first-order valence-corrected chi connectivity index (χ1v) is 10.0. The van der Waals surface area contributed by atoms with Crippen LogP contribution in [0.1, 0.15) is 21.1 Å². The Hall–Kier alpha value is -2.93. The van der Waals surface area contributed by atoms with Gasteiger partial charge in [0.2, 0.25) is 0 Å². The first-order valence-electron chi connectivity index (χ1n) is 9.20. The molecule has 0 bridgehead atoms. The zero-order chi connectivity index (χ0) is 19.6. The highest BCUT2D eigenvalue weighted by Gasteiger charge is 2.02. The summed E-state index contributed by atoms with van der Waals surface area (Å²) in [6, 6.07) is 13.8. The summed E-state index contributed by atoms with van der Waals surface area (Å²) in [6.45, 7) is 4.03. The van der Waals surface area contributed by atoms with Gasteiger partial charge in [-0.05, 0) is 36.8 Å². The lowest BCUT2D eigenvalue weighted by atomic mass is 10.2. The molecule has 146 valence electrons. The summed E-state index contributed by atoms with van der Waals surface area (Å²) in [4.78, 5) is 14.1. The van der Waals surface area contributed by atoms with Crippen LogP contribution in [-0.4, -0.2) is 29.5 Å². The molecule has 6 nitrogen and oxygen atoms in total. The van der Waals surface area contributed by atoms with Crippen molar-refractivity contribution in [1.82, 2.24) is 20.6 Å². The fraction of sp³-hybridized carbons (Fsp3) is 0.286. The first kappa shape index (κ1) is 19.8. The number of aryl methyl sites for hydroxylation is 1. The van der Waals surface area contributed by atoms with Gasteiger partial charge in [0.25, 0.3) is 0 Å². The molecule has 2 aromatic heterocycles. The van der Waals surface area contributed by atoms with Crippen molar-refractivity contribution in [1.29, 1.82) is 0 Å². The van der Waals surface area contributed by atoms with E-state index in [0.717, 1.165) is 40.9 Å². The van der Waals surface area contributed by atoms with E-state index in [1.807, 2.05) is 48.7 Å². The number of ether oxygens (including phenoxy) is 1. The quantitative estimate of drug-likeness (QED) is 0.452. The van der Waals surface area contributed by atoms with Crippen LogP contribution in [0.25, 0.3) is 0 Å². The molecule has 2 heterocycles. The molecular formula is C21H25N5OS. The third-order valence-electron chi connectivity index (χ3n) is 4.02. The van der Waals surface area contributed by atoms with Gasteiger partial charge in [-0.25, -0.2) is 4.98 Å². The van der Waals surface area contributed by atoms with Gasteiger partial charge in [-0.1, -0.05) is 18.2 Å². The summed E-state index contributed by atoms with van der Waals surface area (Å²) in [5, 5.41) is 7.79. The van der Waals surface area contributed by atoms with Crippen molar-refractivity contribution < 1.29 is 4.74 Å². The molecule has 0 fully saturated rings. The van der Waals surface area contributed by atoms with Crippen molar-refractivity contribution in [2.24, 2.45) is 4.99 Å². The Labute approximate surface area is 169 Å². The van der Waals surface area contributed by atoms with E-state index in [0.29, 0.717) is 13.2 Å². The van der Waals surface area contributed by atoms with Crippen LogP contribution in [0.3, 0.4) is 0 Å². The second kappa shape index (κ2) is 10.4. The van der Waals surface area contributed by atoms with E-state index in [2.05, 4.69) is 32.5 Å². The molecule has 2 N–H and O–H groups in total. The second-order valence-corrected chi connectivity index (χ2v) is 7.54. The molecule has 0 radical (unpaired) electrons. The van der Waals surface area contributed by atoms with Gasteiger partial charge in [0.1, 0.15) is 12.4 Å². The number of rotatable bonds is 8. The molecule has 0 spiro atoms. The Morgan fingerprint density at radius 1 is 1.11 bits per heavy atom. The Morgan fingerprint density at radius 2 is 1.96 bits per heavy atom. The van der Waals surface area contributed by atoms with Gasteiger partial charge >= 0.3 is 0 Å². The molecule has 0 amide bonds. The van der Waals surface area contributed by atoms with Crippen molar-refractivity contribution in [2.45, 2.75) is 26.5 Å². The number of pyridine rings is 1. The topological polar surface area (TPSA) is 71.4 Å². The van der Waals surface area contributed by atoms with Gasteiger partial charge in [-0.3, -0.25) is 9.98 Å². The molecule has 3 rings (SSSR count). The molecule has 0 saturated heterocycles. The molecule has 0 aliphatic heterocycles. The van der Waals surface area contributed by atoms with Crippen molar-refractivity contribution >= 4 is 17.3 Å². The SMILES string of the molecule is CN=C(NCCc1ncc(C)s1)NCc1ccc(OCc2ccccn2)cc1. The lowest BCUT2D eigenvalue weighted by Gasteiger charge is -2.12. The van der Waals surface area contributed by atoms with Gasteiger partial charge in [0, 0.05) is 43.8 Å². The zero-order valence-corrected chi connectivity index (χ0v) is 17.0. The van der Waals surface area contributed by atoms with Gasteiger partial charge in [-0.2, -0.15) is 0 Å². The number of aromatic nitrogens is 2. The third kappa shape index (κ3) is 6.35. The number of hydrogen-bond acceptors (Lipinski definition) is 5. The van der Waals surface area contributed by atoms with Crippen LogP contribution in [0.2, 0.25) is 0 Å². The number of hydrogen-bond donors (Lipinski definition) is 2. The number of nitrogens with one attached hydrogen (secondary N) is 2. The highest BCUT2D eigenvalue weighted by atomic mass is 32.1. The Morgan fingerprint density at radius 3 is 2.64 bits per heavy atom. The summed E-state index contributed by atoms with van der Waals surface area (Å²) in [7, 11) is 1.78. The fourth-order valence-electron chi connectivity index (χ4n) is 2.56. The average Bonchev–Trinajstić information content (AvgIpc) is 3.15. The molecule has 0 aliphatic rings. The van der Waals surface area contributed by atoms with E-state index in [1.165, 1.54) is 4.88 Å². The molecule has 0 aliphatic carbocycles. The van der Waals surface area contributed by atoms with Crippen LogP contribution in [0.4, 0.5) is 0 Å². The Balaban J connectivity index is 1.40. The van der Waals surface area contributed by atoms with Crippen LogP contribution in [0.5, 0.6) is 5.75 Å². The maximum absolute atomic E-state index is 5.77. The van der Waals surface area contributed by atoms with E-state index in [4.69, 9.17) is 4.74 Å². The predicted octanol–water partition coefficient (Wildman–Crippen LogP) is 3.33. The summed E-state index contributed by atoms with van der Waals surface area (Å²) in [5.41, 5.74) is 2.07. The van der Waals surface area contributed by atoms with Gasteiger partial charge in [0.15, 0.2) is 5.96 Å². The highest BCUT2D eigenvalue weighted by Crippen LogP contribution is 2.14.